The summed E-state index contributed by atoms with van der Waals surface area (Å²) in [6.45, 7) is 0.970. The lowest BCUT2D eigenvalue weighted by molar-refractivity contribution is 0.197. The van der Waals surface area contributed by atoms with Crippen molar-refractivity contribution in [2.45, 2.75) is 31.8 Å². The molecule has 0 bridgehead atoms. The van der Waals surface area contributed by atoms with Crippen molar-refractivity contribution in [3.63, 3.8) is 0 Å². The van der Waals surface area contributed by atoms with Gasteiger partial charge in [0.1, 0.15) is 11.9 Å². The van der Waals surface area contributed by atoms with Crippen molar-refractivity contribution in [1.82, 2.24) is 5.32 Å². The quantitative estimate of drug-likeness (QED) is 0.868. The first-order valence-corrected chi connectivity index (χ1v) is 8.22. The number of hydrogen-bond donors (Lipinski definition) is 1. The third kappa shape index (κ3) is 2.89. The molecule has 0 saturated heterocycles. The van der Waals surface area contributed by atoms with E-state index in [4.69, 9.17) is 4.74 Å². The zero-order chi connectivity index (χ0) is 13.8. The molecule has 0 unspecified atom stereocenters. The Morgan fingerprint density at radius 3 is 3.00 bits per heavy atom. The average molecular weight is 287 g/mol. The minimum Gasteiger partial charge on any atom is -0.485 e. The number of fused-ring (bicyclic) bond motifs is 1. The Bertz CT molecular complexity index is 550. The fourth-order valence-electron chi connectivity index (χ4n) is 2.86. The predicted octanol–water partition coefficient (Wildman–Crippen LogP) is 3.97. The van der Waals surface area contributed by atoms with Gasteiger partial charge in [-0.15, -0.1) is 11.3 Å². The molecule has 0 radical (unpaired) electrons. The zero-order valence-electron chi connectivity index (χ0n) is 11.9. The Labute approximate surface area is 124 Å². The lowest BCUT2D eigenvalue weighted by Crippen LogP contribution is -2.16. The molecule has 1 N–H and O–H groups in total. The number of aryl methyl sites for hydroxylation is 1. The smallest absolute Gasteiger partial charge is 0.134 e. The number of hydrogen-bond acceptors (Lipinski definition) is 3. The lowest BCUT2D eigenvalue weighted by atomic mass is 10.1. The number of thiophene rings is 1. The summed E-state index contributed by atoms with van der Waals surface area (Å²) in [6.07, 6.45) is 4.78. The summed E-state index contributed by atoms with van der Waals surface area (Å²) in [5.41, 5.74) is 2.90. The van der Waals surface area contributed by atoms with E-state index in [1.54, 1.807) is 11.3 Å². The van der Waals surface area contributed by atoms with E-state index < -0.39 is 0 Å². The lowest BCUT2D eigenvalue weighted by Gasteiger charge is -2.20. The minimum atomic E-state index is 0.162. The van der Waals surface area contributed by atoms with Crippen molar-refractivity contribution in [1.29, 1.82) is 0 Å². The van der Waals surface area contributed by atoms with Crippen molar-refractivity contribution in [3.8, 4) is 5.75 Å². The molecule has 106 valence electrons. The van der Waals surface area contributed by atoms with Gasteiger partial charge in [-0.3, -0.25) is 0 Å². The summed E-state index contributed by atoms with van der Waals surface area (Å²) in [5, 5.41) is 5.35. The van der Waals surface area contributed by atoms with Gasteiger partial charge in [-0.25, -0.2) is 0 Å². The van der Waals surface area contributed by atoms with Gasteiger partial charge in [-0.05, 0) is 61.5 Å². The van der Waals surface area contributed by atoms with E-state index in [1.807, 2.05) is 7.05 Å². The first kappa shape index (κ1) is 13.7. The van der Waals surface area contributed by atoms with Crippen LogP contribution in [0.4, 0.5) is 0 Å². The van der Waals surface area contributed by atoms with Crippen LogP contribution in [0.15, 0.2) is 35.7 Å². The molecule has 1 heterocycles. The van der Waals surface area contributed by atoms with Crippen LogP contribution >= 0.6 is 11.3 Å². The van der Waals surface area contributed by atoms with Gasteiger partial charge in [0.25, 0.3) is 0 Å². The van der Waals surface area contributed by atoms with Crippen molar-refractivity contribution in [3.05, 3.63) is 51.7 Å². The highest BCUT2D eigenvalue weighted by molar-refractivity contribution is 7.10. The predicted molar refractivity (Wildman–Crippen MR) is 84.7 cm³/mol. The monoisotopic (exact) mass is 287 g/mol. The van der Waals surface area contributed by atoms with Crippen molar-refractivity contribution in [2.75, 3.05) is 13.6 Å². The maximum absolute atomic E-state index is 6.37. The highest BCUT2D eigenvalue weighted by Gasteiger charge is 2.19. The molecule has 1 aliphatic rings. The molecule has 0 saturated carbocycles. The third-order valence-electron chi connectivity index (χ3n) is 3.89. The average Bonchev–Trinajstić information content (AvgIpc) is 3.14. The number of rotatable bonds is 6. The van der Waals surface area contributed by atoms with E-state index in [1.165, 1.54) is 28.8 Å². The fourth-order valence-corrected chi connectivity index (χ4v) is 3.65. The molecule has 0 fully saturated rings. The molecule has 0 amide bonds. The van der Waals surface area contributed by atoms with Crippen LogP contribution in [0.3, 0.4) is 0 Å². The topological polar surface area (TPSA) is 21.3 Å². The summed E-state index contributed by atoms with van der Waals surface area (Å²) in [6, 6.07) is 10.8. The van der Waals surface area contributed by atoms with Gasteiger partial charge in [0.15, 0.2) is 0 Å². The van der Waals surface area contributed by atoms with Crippen molar-refractivity contribution >= 4 is 11.3 Å². The van der Waals surface area contributed by atoms with Crippen LogP contribution < -0.4 is 10.1 Å². The van der Waals surface area contributed by atoms with Crippen LogP contribution in [0.2, 0.25) is 0 Å². The molecule has 0 spiro atoms. The highest BCUT2D eigenvalue weighted by atomic mass is 32.1. The van der Waals surface area contributed by atoms with Gasteiger partial charge in [0.2, 0.25) is 0 Å². The summed E-state index contributed by atoms with van der Waals surface area (Å²) >= 11 is 1.78. The number of ether oxygens (including phenoxy) is 1. The molecule has 1 atom stereocenters. The first-order valence-electron chi connectivity index (χ1n) is 7.34. The van der Waals surface area contributed by atoms with E-state index in [2.05, 4.69) is 41.0 Å². The molecule has 1 aromatic carbocycles. The molecule has 2 nitrogen and oxygen atoms in total. The van der Waals surface area contributed by atoms with E-state index in [9.17, 15) is 0 Å². The van der Waals surface area contributed by atoms with Crippen LogP contribution in [0.25, 0.3) is 0 Å². The van der Waals surface area contributed by atoms with Crippen molar-refractivity contribution in [2.24, 2.45) is 0 Å². The summed E-state index contributed by atoms with van der Waals surface area (Å²) in [5.74, 6) is 1.09. The molecule has 3 heteroatoms. The Kier molecular flexibility index (Phi) is 4.38. The maximum atomic E-state index is 6.37. The third-order valence-corrected chi connectivity index (χ3v) is 4.85. The van der Waals surface area contributed by atoms with Gasteiger partial charge in [-0.1, -0.05) is 18.2 Å². The molecule has 3 rings (SSSR count). The fraction of sp³-hybridized carbons (Fsp3) is 0.412. The summed E-state index contributed by atoms with van der Waals surface area (Å²) in [4.78, 5) is 1.32. The largest absolute Gasteiger partial charge is 0.485 e. The van der Waals surface area contributed by atoms with Gasteiger partial charge in [0, 0.05) is 11.3 Å². The second-order valence-electron chi connectivity index (χ2n) is 5.26. The molecular weight excluding hydrogens is 266 g/mol. The normalized spacial score (nSPS) is 15.1. The van der Waals surface area contributed by atoms with Gasteiger partial charge >= 0.3 is 0 Å². The highest BCUT2D eigenvalue weighted by Crippen LogP contribution is 2.35. The Morgan fingerprint density at radius 1 is 1.25 bits per heavy atom. The van der Waals surface area contributed by atoms with Crippen LogP contribution in [0.1, 0.15) is 34.9 Å². The summed E-state index contributed by atoms with van der Waals surface area (Å²) < 4.78 is 6.37. The van der Waals surface area contributed by atoms with E-state index in [0.29, 0.717) is 0 Å². The maximum Gasteiger partial charge on any atom is 0.134 e. The Balaban J connectivity index is 1.81. The van der Waals surface area contributed by atoms with E-state index >= 15 is 0 Å². The van der Waals surface area contributed by atoms with Crippen molar-refractivity contribution < 1.29 is 4.74 Å². The molecule has 1 aliphatic carbocycles. The molecule has 0 aliphatic heterocycles. The second-order valence-corrected chi connectivity index (χ2v) is 6.24. The van der Waals surface area contributed by atoms with Gasteiger partial charge in [-0.2, -0.15) is 0 Å². The van der Waals surface area contributed by atoms with Crippen LogP contribution in [-0.4, -0.2) is 13.6 Å². The number of nitrogens with one attached hydrogen (secondary N) is 1. The molecule has 20 heavy (non-hydrogen) atoms. The zero-order valence-corrected chi connectivity index (χ0v) is 12.7. The second kappa shape index (κ2) is 6.42. The van der Waals surface area contributed by atoms with Crippen LogP contribution in [0.5, 0.6) is 5.75 Å². The van der Waals surface area contributed by atoms with Gasteiger partial charge in [0.05, 0.1) is 0 Å². The Morgan fingerprint density at radius 2 is 2.20 bits per heavy atom. The van der Waals surface area contributed by atoms with Gasteiger partial charge < -0.3 is 10.1 Å². The summed E-state index contributed by atoms with van der Waals surface area (Å²) in [7, 11) is 1.99. The Hall–Kier alpha value is -1.32. The van der Waals surface area contributed by atoms with Crippen LogP contribution in [0, 0.1) is 0 Å². The molecule has 1 aromatic heterocycles. The van der Waals surface area contributed by atoms with E-state index in [-0.39, 0.29) is 6.10 Å². The standard InChI is InChI=1S/C17H21NOS/c1-18-11-10-16(17-9-4-12-20-17)19-15-8-3-6-13-5-2-7-14(13)15/h3-4,6,8-9,12,16,18H,2,5,7,10-11H2,1H3/t16-/m0/s1. The van der Waals surface area contributed by atoms with E-state index in [0.717, 1.165) is 25.1 Å². The molecular formula is C17H21NOS. The SMILES string of the molecule is CNCC[C@H](Oc1cccc2c1CCC2)c1cccs1. The van der Waals surface area contributed by atoms with Crippen LogP contribution in [-0.2, 0) is 12.8 Å². The molecule has 2 aromatic rings. The number of benzene rings is 1. The minimum absolute atomic E-state index is 0.162. The first-order chi connectivity index (χ1) is 9.88.